The quantitative estimate of drug-likeness (QED) is 0.894. The zero-order chi connectivity index (χ0) is 13.0. The fourth-order valence-electron chi connectivity index (χ4n) is 2.40. The molecule has 96 valence electrons. The fourth-order valence-corrected chi connectivity index (χ4v) is 2.40. The highest BCUT2D eigenvalue weighted by Gasteiger charge is 2.21. The first kappa shape index (κ1) is 12.8. The molecule has 1 N–H and O–H groups in total. The summed E-state index contributed by atoms with van der Waals surface area (Å²) in [5.41, 5.74) is 1.09. The van der Waals surface area contributed by atoms with Crippen molar-refractivity contribution in [2.24, 2.45) is 0 Å². The smallest absolute Gasteiger partial charge is 0.124 e. The molecule has 18 heavy (non-hydrogen) atoms. The molecule has 2 rings (SSSR count). The predicted octanol–water partition coefficient (Wildman–Crippen LogP) is 3.07. The number of rotatable bonds is 3. The van der Waals surface area contributed by atoms with Gasteiger partial charge in [-0.3, -0.25) is 0 Å². The number of anilines is 1. The molecule has 4 heteroatoms. The van der Waals surface area contributed by atoms with E-state index in [1.807, 2.05) is 6.07 Å². The number of nitrogens with one attached hydrogen (secondary N) is 1. The van der Waals surface area contributed by atoms with Crippen LogP contribution in [0.5, 0.6) is 0 Å². The fraction of sp³-hybridized carbons (Fsp3) is 0.500. The van der Waals surface area contributed by atoms with Gasteiger partial charge in [0.1, 0.15) is 11.9 Å². The molecular weight excluding hydrogens is 231 g/mol. The van der Waals surface area contributed by atoms with Gasteiger partial charge >= 0.3 is 0 Å². The van der Waals surface area contributed by atoms with Crippen molar-refractivity contribution >= 4 is 5.69 Å². The highest BCUT2D eigenvalue weighted by molar-refractivity contribution is 5.57. The van der Waals surface area contributed by atoms with Gasteiger partial charge in [0.15, 0.2) is 0 Å². The van der Waals surface area contributed by atoms with Gasteiger partial charge in [-0.1, -0.05) is 0 Å². The molecule has 0 aliphatic heterocycles. The van der Waals surface area contributed by atoms with Gasteiger partial charge in [0.25, 0.3) is 0 Å². The highest BCUT2D eigenvalue weighted by Crippen LogP contribution is 2.25. The molecule has 3 nitrogen and oxygen atoms in total. The summed E-state index contributed by atoms with van der Waals surface area (Å²) in [4.78, 5) is 0. The van der Waals surface area contributed by atoms with E-state index in [9.17, 15) is 4.39 Å². The van der Waals surface area contributed by atoms with Gasteiger partial charge in [0.2, 0.25) is 0 Å². The van der Waals surface area contributed by atoms with Crippen molar-refractivity contribution in [2.45, 2.75) is 37.8 Å². The van der Waals surface area contributed by atoms with E-state index in [0.29, 0.717) is 17.7 Å². The van der Waals surface area contributed by atoms with Crippen LogP contribution in [0.25, 0.3) is 0 Å². The summed E-state index contributed by atoms with van der Waals surface area (Å²) in [5, 5.41) is 12.3. The molecule has 0 heterocycles. The van der Waals surface area contributed by atoms with Gasteiger partial charge in [0.05, 0.1) is 17.4 Å². The van der Waals surface area contributed by atoms with E-state index in [1.165, 1.54) is 12.1 Å². The van der Waals surface area contributed by atoms with Crippen LogP contribution in [-0.4, -0.2) is 19.3 Å². The van der Waals surface area contributed by atoms with Crippen molar-refractivity contribution in [3.63, 3.8) is 0 Å². The number of benzene rings is 1. The second-order valence-electron chi connectivity index (χ2n) is 4.66. The summed E-state index contributed by atoms with van der Waals surface area (Å²) in [7, 11) is 1.74. The van der Waals surface area contributed by atoms with Gasteiger partial charge in [-0.2, -0.15) is 5.26 Å². The number of halogens is 1. The van der Waals surface area contributed by atoms with Crippen molar-refractivity contribution < 1.29 is 9.13 Å². The van der Waals surface area contributed by atoms with Crippen molar-refractivity contribution in [1.82, 2.24) is 0 Å². The molecule has 0 unspecified atom stereocenters. The Morgan fingerprint density at radius 2 is 2.06 bits per heavy atom. The third-order valence-electron chi connectivity index (χ3n) is 3.47. The van der Waals surface area contributed by atoms with Gasteiger partial charge in [0, 0.05) is 13.2 Å². The van der Waals surface area contributed by atoms with Crippen LogP contribution in [0.4, 0.5) is 10.1 Å². The standard InChI is InChI=1S/C14H17FN2O/c1-18-13-5-3-12(4-6-13)17-14-7-2-11(15)8-10(14)9-16/h2,7-8,12-13,17H,3-6H2,1H3. The minimum absolute atomic E-state index is 0.342. The maximum Gasteiger partial charge on any atom is 0.124 e. The lowest BCUT2D eigenvalue weighted by Gasteiger charge is -2.29. The first-order valence-electron chi connectivity index (χ1n) is 6.22. The van der Waals surface area contributed by atoms with E-state index in [2.05, 4.69) is 5.32 Å². The number of hydrogen-bond acceptors (Lipinski definition) is 3. The number of ether oxygens (including phenoxy) is 1. The van der Waals surface area contributed by atoms with E-state index >= 15 is 0 Å². The molecule has 0 bridgehead atoms. The SMILES string of the molecule is COC1CCC(Nc2ccc(F)cc2C#N)CC1. The molecule has 0 spiro atoms. The number of nitrogens with zero attached hydrogens (tertiary/aromatic N) is 1. The average molecular weight is 248 g/mol. The van der Waals surface area contributed by atoms with Crippen LogP contribution in [0.3, 0.4) is 0 Å². The Kier molecular flexibility index (Phi) is 4.16. The topological polar surface area (TPSA) is 45.0 Å². The molecular formula is C14H17FN2O. The van der Waals surface area contributed by atoms with E-state index < -0.39 is 0 Å². The Morgan fingerprint density at radius 1 is 1.33 bits per heavy atom. The molecule has 0 atom stereocenters. The van der Waals surface area contributed by atoms with Crippen LogP contribution in [0.2, 0.25) is 0 Å². The van der Waals surface area contributed by atoms with Gasteiger partial charge in [-0.05, 0) is 43.9 Å². The third kappa shape index (κ3) is 2.99. The third-order valence-corrected chi connectivity index (χ3v) is 3.47. The summed E-state index contributed by atoms with van der Waals surface area (Å²) < 4.78 is 18.3. The number of hydrogen-bond donors (Lipinski definition) is 1. The van der Waals surface area contributed by atoms with Gasteiger partial charge < -0.3 is 10.1 Å². The van der Waals surface area contributed by atoms with Crippen molar-refractivity contribution in [3.05, 3.63) is 29.6 Å². The summed E-state index contributed by atoms with van der Waals surface area (Å²) in [5.74, 6) is -0.375. The largest absolute Gasteiger partial charge is 0.381 e. The second kappa shape index (κ2) is 5.83. The maximum atomic E-state index is 13.0. The second-order valence-corrected chi connectivity index (χ2v) is 4.66. The lowest BCUT2D eigenvalue weighted by Crippen LogP contribution is -2.29. The van der Waals surface area contributed by atoms with Crippen molar-refractivity contribution in [3.8, 4) is 6.07 Å². The molecule has 1 aromatic carbocycles. The molecule has 0 saturated heterocycles. The van der Waals surface area contributed by atoms with Crippen LogP contribution in [0.15, 0.2) is 18.2 Å². The molecule has 1 aromatic rings. The lowest BCUT2D eigenvalue weighted by atomic mass is 9.92. The molecule has 1 fully saturated rings. The maximum absolute atomic E-state index is 13.0. The monoisotopic (exact) mass is 248 g/mol. The summed E-state index contributed by atoms with van der Waals surface area (Å²) in [6.45, 7) is 0. The highest BCUT2D eigenvalue weighted by atomic mass is 19.1. The summed E-state index contributed by atoms with van der Waals surface area (Å²) >= 11 is 0. The van der Waals surface area contributed by atoms with E-state index in [1.54, 1.807) is 13.2 Å². The number of nitriles is 1. The molecule has 0 amide bonds. The zero-order valence-electron chi connectivity index (χ0n) is 10.4. The van der Waals surface area contributed by atoms with Crippen LogP contribution in [0.1, 0.15) is 31.2 Å². The Bertz CT molecular complexity index is 448. The van der Waals surface area contributed by atoms with Crippen LogP contribution in [-0.2, 0) is 4.74 Å². The molecule has 1 aliphatic rings. The Morgan fingerprint density at radius 3 is 2.67 bits per heavy atom. The molecule has 0 aromatic heterocycles. The van der Waals surface area contributed by atoms with E-state index in [0.717, 1.165) is 31.4 Å². The first-order valence-corrected chi connectivity index (χ1v) is 6.22. The van der Waals surface area contributed by atoms with Gasteiger partial charge in [-0.25, -0.2) is 4.39 Å². The zero-order valence-corrected chi connectivity index (χ0v) is 10.4. The Balaban J connectivity index is 2.00. The number of methoxy groups -OCH3 is 1. The Hall–Kier alpha value is -1.60. The normalized spacial score (nSPS) is 23.4. The minimum Gasteiger partial charge on any atom is -0.381 e. The molecule has 0 radical (unpaired) electrons. The summed E-state index contributed by atoms with van der Waals surface area (Å²) in [6, 6.07) is 6.64. The van der Waals surface area contributed by atoms with Crippen molar-refractivity contribution in [1.29, 1.82) is 5.26 Å². The average Bonchev–Trinajstić information content (AvgIpc) is 2.41. The van der Waals surface area contributed by atoms with E-state index in [4.69, 9.17) is 10.00 Å². The van der Waals surface area contributed by atoms with Crippen molar-refractivity contribution in [2.75, 3.05) is 12.4 Å². The molecule has 1 saturated carbocycles. The first-order chi connectivity index (χ1) is 8.72. The minimum atomic E-state index is -0.375. The van der Waals surface area contributed by atoms with E-state index in [-0.39, 0.29) is 5.82 Å². The van der Waals surface area contributed by atoms with Crippen LogP contribution < -0.4 is 5.32 Å². The Labute approximate surface area is 107 Å². The lowest BCUT2D eigenvalue weighted by molar-refractivity contribution is 0.0682. The summed E-state index contributed by atoms with van der Waals surface area (Å²) in [6.07, 6.45) is 4.43. The van der Waals surface area contributed by atoms with Crippen LogP contribution in [0, 0.1) is 17.1 Å². The predicted molar refractivity (Wildman–Crippen MR) is 67.8 cm³/mol. The van der Waals surface area contributed by atoms with Crippen LogP contribution >= 0.6 is 0 Å². The van der Waals surface area contributed by atoms with Gasteiger partial charge in [-0.15, -0.1) is 0 Å². The molecule has 1 aliphatic carbocycles.